The minimum atomic E-state index is -0.544. The number of aliphatic hydroxyl groups excluding tert-OH is 1. The molecular weight excluding hydrogens is 261 g/mol. The quantitative estimate of drug-likeness (QED) is 0.577. The number of nitrogen functional groups attached to an aromatic ring is 1. The van der Waals surface area contributed by atoms with E-state index in [-0.39, 0.29) is 29.2 Å². The molecule has 0 bridgehead atoms. The van der Waals surface area contributed by atoms with Crippen molar-refractivity contribution in [1.82, 2.24) is 4.90 Å². The molecule has 1 heterocycles. The fourth-order valence-electron chi connectivity index (χ4n) is 2.60. The van der Waals surface area contributed by atoms with Crippen molar-refractivity contribution in [2.45, 2.75) is 25.9 Å². The van der Waals surface area contributed by atoms with Gasteiger partial charge in [0.05, 0.1) is 17.4 Å². The molecule has 0 aromatic heterocycles. The number of para-hydroxylation sites is 1. The van der Waals surface area contributed by atoms with Gasteiger partial charge in [-0.15, -0.1) is 0 Å². The van der Waals surface area contributed by atoms with E-state index in [1.54, 1.807) is 17.9 Å². The molecule has 1 aromatic rings. The van der Waals surface area contributed by atoms with Crippen LogP contribution in [-0.4, -0.2) is 35.1 Å². The molecule has 1 saturated heterocycles. The molecule has 5 nitrogen and oxygen atoms in total. The van der Waals surface area contributed by atoms with Crippen molar-refractivity contribution < 1.29 is 14.3 Å². The van der Waals surface area contributed by atoms with Crippen LogP contribution in [0.25, 0.3) is 0 Å². The van der Waals surface area contributed by atoms with Gasteiger partial charge in [-0.25, -0.2) is 4.39 Å². The molecule has 4 N–H and O–H groups in total. The molecule has 0 aliphatic carbocycles. The Hall–Kier alpha value is -1.66. The Morgan fingerprint density at radius 3 is 2.70 bits per heavy atom. The predicted octanol–water partition coefficient (Wildman–Crippen LogP) is 1.34. The first kappa shape index (κ1) is 14.7. The summed E-state index contributed by atoms with van der Waals surface area (Å²) in [5.74, 6) is 4.73. The molecule has 1 aliphatic heterocycles. The van der Waals surface area contributed by atoms with Crippen LogP contribution in [0.5, 0.6) is 0 Å². The molecule has 110 valence electrons. The molecule has 2 rings (SSSR count). The summed E-state index contributed by atoms with van der Waals surface area (Å²) >= 11 is 0. The number of benzene rings is 1. The molecule has 0 saturated carbocycles. The minimum Gasteiger partial charge on any atom is -0.393 e. The third-order valence-corrected chi connectivity index (χ3v) is 3.90. The topological polar surface area (TPSA) is 78.6 Å². The van der Waals surface area contributed by atoms with Gasteiger partial charge in [0, 0.05) is 13.1 Å². The monoisotopic (exact) mass is 281 g/mol. The van der Waals surface area contributed by atoms with Gasteiger partial charge in [0.1, 0.15) is 5.82 Å². The number of piperidine rings is 1. The third-order valence-electron chi connectivity index (χ3n) is 3.90. The van der Waals surface area contributed by atoms with E-state index in [4.69, 9.17) is 5.84 Å². The van der Waals surface area contributed by atoms with Crippen LogP contribution in [0.1, 0.15) is 30.1 Å². The molecule has 0 radical (unpaired) electrons. The van der Waals surface area contributed by atoms with Gasteiger partial charge in [-0.05, 0) is 37.8 Å². The lowest BCUT2D eigenvalue weighted by molar-refractivity contribution is 0.0522. The third kappa shape index (κ3) is 2.91. The molecule has 6 heteroatoms. The Morgan fingerprint density at radius 1 is 1.50 bits per heavy atom. The second-order valence-electron chi connectivity index (χ2n) is 5.18. The Bertz CT molecular complexity index is 485. The second kappa shape index (κ2) is 6.19. The predicted molar refractivity (Wildman–Crippen MR) is 74.5 cm³/mol. The van der Waals surface area contributed by atoms with E-state index >= 15 is 0 Å². The van der Waals surface area contributed by atoms with Crippen LogP contribution in [0, 0.1) is 11.7 Å². The Kier molecular flexibility index (Phi) is 4.57. The average molecular weight is 281 g/mol. The number of anilines is 1. The van der Waals surface area contributed by atoms with Gasteiger partial charge >= 0.3 is 0 Å². The lowest BCUT2D eigenvalue weighted by Crippen LogP contribution is -2.41. The summed E-state index contributed by atoms with van der Waals surface area (Å²) in [6.45, 7) is 2.90. The normalized spacial score (nSPS) is 17.9. The number of carbonyl (C=O) groups excluding carboxylic acids is 1. The Balaban J connectivity index is 2.11. The minimum absolute atomic E-state index is 0.0233. The van der Waals surface area contributed by atoms with Gasteiger partial charge in [-0.2, -0.15) is 0 Å². The van der Waals surface area contributed by atoms with Crippen molar-refractivity contribution in [1.29, 1.82) is 0 Å². The van der Waals surface area contributed by atoms with Crippen LogP contribution >= 0.6 is 0 Å². The molecule has 1 fully saturated rings. The van der Waals surface area contributed by atoms with Crippen molar-refractivity contribution in [3.63, 3.8) is 0 Å². The number of nitrogens with zero attached hydrogens (tertiary/aromatic N) is 1. The molecule has 1 amide bonds. The van der Waals surface area contributed by atoms with Gasteiger partial charge in [0.25, 0.3) is 5.91 Å². The number of carbonyl (C=O) groups is 1. The zero-order valence-electron chi connectivity index (χ0n) is 11.5. The van der Waals surface area contributed by atoms with E-state index in [2.05, 4.69) is 5.43 Å². The number of rotatable bonds is 3. The van der Waals surface area contributed by atoms with Crippen molar-refractivity contribution in [2.75, 3.05) is 18.5 Å². The first-order chi connectivity index (χ1) is 9.54. The maximum Gasteiger partial charge on any atom is 0.256 e. The highest BCUT2D eigenvalue weighted by Gasteiger charge is 2.27. The summed E-state index contributed by atoms with van der Waals surface area (Å²) < 4.78 is 13.6. The highest BCUT2D eigenvalue weighted by Crippen LogP contribution is 2.25. The van der Waals surface area contributed by atoms with Crippen molar-refractivity contribution >= 4 is 11.6 Å². The lowest BCUT2D eigenvalue weighted by Gasteiger charge is -2.33. The first-order valence-electron chi connectivity index (χ1n) is 6.77. The number of hydrogen-bond donors (Lipinski definition) is 3. The summed E-state index contributed by atoms with van der Waals surface area (Å²) in [5, 5.41) is 9.56. The fourth-order valence-corrected chi connectivity index (χ4v) is 2.60. The van der Waals surface area contributed by atoms with Crippen LogP contribution < -0.4 is 11.3 Å². The number of nitrogens with two attached hydrogens (primary N) is 1. The molecule has 1 aliphatic rings. The number of amides is 1. The number of hydrogen-bond acceptors (Lipinski definition) is 4. The Labute approximate surface area is 117 Å². The van der Waals surface area contributed by atoms with Crippen molar-refractivity contribution in [3.8, 4) is 0 Å². The molecule has 1 atom stereocenters. The number of hydrazine groups is 1. The van der Waals surface area contributed by atoms with Crippen molar-refractivity contribution in [2.24, 2.45) is 11.8 Å². The molecule has 1 aromatic carbocycles. The van der Waals surface area contributed by atoms with E-state index in [1.165, 1.54) is 12.1 Å². The molecule has 1 unspecified atom stereocenters. The second-order valence-corrected chi connectivity index (χ2v) is 5.18. The number of nitrogens with one attached hydrogen (secondary N) is 1. The number of halogens is 1. The average Bonchev–Trinajstić information content (AvgIpc) is 2.46. The van der Waals surface area contributed by atoms with Crippen LogP contribution in [0.2, 0.25) is 0 Å². The van der Waals surface area contributed by atoms with Gasteiger partial charge in [0.2, 0.25) is 0 Å². The van der Waals surface area contributed by atoms with E-state index in [1.807, 2.05) is 0 Å². The van der Waals surface area contributed by atoms with Gasteiger partial charge in [-0.3, -0.25) is 10.6 Å². The van der Waals surface area contributed by atoms with Crippen LogP contribution in [0.15, 0.2) is 18.2 Å². The summed E-state index contributed by atoms with van der Waals surface area (Å²) in [7, 11) is 0. The zero-order valence-corrected chi connectivity index (χ0v) is 11.5. The van der Waals surface area contributed by atoms with E-state index in [0.29, 0.717) is 13.1 Å². The fraction of sp³-hybridized carbons (Fsp3) is 0.500. The summed E-state index contributed by atoms with van der Waals surface area (Å²) in [6.07, 6.45) is 1.15. The van der Waals surface area contributed by atoms with Crippen molar-refractivity contribution in [3.05, 3.63) is 29.6 Å². The van der Waals surface area contributed by atoms with Gasteiger partial charge < -0.3 is 15.4 Å². The summed E-state index contributed by atoms with van der Waals surface area (Å²) in [6, 6.07) is 4.30. The van der Waals surface area contributed by atoms with Crippen LogP contribution in [0.4, 0.5) is 10.1 Å². The maximum absolute atomic E-state index is 13.6. The van der Waals surface area contributed by atoms with Crippen LogP contribution in [0.3, 0.4) is 0 Å². The van der Waals surface area contributed by atoms with Crippen LogP contribution in [-0.2, 0) is 0 Å². The van der Waals surface area contributed by atoms with Gasteiger partial charge in [0.15, 0.2) is 0 Å². The van der Waals surface area contributed by atoms with Gasteiger partial charge in [-0.1, -0.05) is 6.07 Å². The van der Waals surface area contributed by atoms with E-state index in [0.717, 1.165) is 12.8 Å². The summed E-state index contributed by atoms with van der Waals surface area (Å²) in [5.41, 5.74) is 2.51. The standard InChI is InChI=1S/C14H20FN3O2/c1-9(19)10-5-7-18(8-6-10)14(20)11-3-2-4-12(15)13(11)17-16/h2-4,9-10,17,19H,5-8,16H2,1H3. The number of likely N-dealkylation sites (tertiary alicyclic amines) is 1. The molecule has 0 spiro atoms. The Morgan fingerprint density at radius 2 is 2.15 bits per heavy atom. The zero-order chi connectivity index (χ0) is 14.7. The molecular formula is C14H20FN3O2. The number of aliphatic hydroxyl groups is 1. The smallest absolute Gasteiger partial charge is 0.256 e. The highest BCUT2D eigenvalue weighted by atomic mass is 19.1. The largest absolute Gasteiger partial charge is 0.393 e. The summed E-state index contributed by atoms with van der Waals surface area (Å²) in [4.78, 5) is 14.1. The first-order valence-corrected chi connectivity index (χ1v) is 6.77. The van der Waals surface area contributed by atoms with E-state index < -0.39 is 5.82 Å². The lowest BCUT2D eigenvalue weighted by atomic mass is 9.92. The highest BCUT2D eigenvalue weighted by molar-refractivity contribution is 5.99. The molecule has 20 heavy (non-hydrogen) atoms. The SMILES string of the molecule is CC(O)C1CCN(C(=O)c2cccc(F)c2NN)CC1. The van der Waals surface area contributed by atoms with E-state index in [9.17, 15) is 14.3 Å². The maximum atomic E-state index is 13.6.